The molecule has 1 heterocycles. The zero-order valence-electron chi connectivity index (χ0n) is 13.6. The molecule has 0 amide bonds. The Labute approximate surface area is 137 Å². The number of hydrogen-bond donors (Lipinski definition) is 2. The van der Waals surface area contributed by atoms with Crippen LogP contribution < -0.4 is 15.8 Å². The first kappa shape index (κ1) is 15.7. The molecule has 122 valence electrons. The van der Waals surface area contributed by atoms with E-state index in [-0.39, 0.29) is 0 Å². The minimum atomic E-state index is 0.501. The van der Waals surface area contributed by atoms with Crippen LogP contribution in [0.15, 0.2) is 30.5 Å². The fourth-order valence-corrected chi connectivity index (χ4v) is 2.76. The Hall–Kier alpha value is -2.14. The zero-order valence-corrected chi connectivity index (χ0v) is 13.6. The molecular weight excluding hydrogens is 288 g/mol. The molecule has 5 nitrogen and oxygen atoms in total. The molecule has 1 aliphatic rings. The molecule has 0 unspecified atom stereocenters. The van der Waals surface area contributed by atoms with Crippen LogP contribution in [-0.2, 0) is 0 Å². The predicted molar refractivity (Wildman–Crippen MR) is 92.8 cm³/mol. The Morgan fingerprint density at radius 3 is 2.83 bits per heavy atom. The molecular formula is C18H24N4O. The molecule has 0 saturated heterocycles. The van der Waals surface area contributed by atoms with Gasteiger partial charge in [0.2, 0.25) is 0 Å². The maximum atomic E-state index is 5.59. The molecule has 0 aliphatic heterocycles. The van der Waals surface area contributed by atoms with Crippen molar-refractivity contribution in [2.45, 2.75) is 31.6 Å². The number of anilines is 1. The minimum absolute atomic E-state index is 0.501. The summed E-state index contributed by atoms with van der Waals surface area (Å²) in [6, 6.07) is 7.98. The molecule has 1 aliphatic carbocycles. The molecule has 1 aromatic heterocycles. The summed E-state index contributed by atoms with van der Waals surface area (Å²) in [4.78, 5) is 9.44. The van der Waals surface area contributed by atoms with E-state index in [1.807, 2.05) is 30.5 Å². The molecule has 1 saturated carbocycles. The number of aromatic nitrogens is 2. The quantitative estimate of drug-likeness (QED) is 0.768. The van der Waals surface area contributed by atoms with E-state index in [1.54, 1.807) is 7.11 Å². The number of para-hydroxylation sites is 1. The van der Waals surface area contributed by atoms with Gasteiger partial charge in [-0.3, -0.25) is 0 Å². The highest BCUT2D eigenvalue weighted by Crippen LogP contribution is 2.38. The lowest BCUT2D eigenvalue weighted by Crippen LogP contribution is -2.15. The van der Waals surface area contributed by atoms with E-state index in [4.69, 9.17) is 15.5 Å². The van der Waals surface area contributed by atoms with Gasteiger partial charge in [-0.1, -0.05) is 18.6 Å². The zero-order chi connectivity index (χ0) is 16.1. The van der Waals surface area contributed by atoms with E-state index < -0.39 is 0 Å². The monoisotopic (exact) mass is 312 g/mol. The molecule has 0 radical (unpaired) electrons. The molecule has 0 bridgehead atoms. The summed E-state index contributed by atoms with van der Waals surface area (Å²) in [5.74, 6) is 2.27. The van der Waals surface area contributed by atoms with Gasteiger partial charge in [-0.15, -0.1) is 0 Å². The SMILES string of the molecule is COc1ccccc1-c1nc(C2CCC2)ncc1NCCCN. The fraction of sp³-hybridized carbons (Fsp3) is 0.444. The van der Waals surface area contributed by atoms with Crippen molar-refractivity contribution in [2.75, 3.05) is 25.5 Å². The third kappa shape index (κ3) is 3.45. The van der Waals surface area contributed by atoms with Crippen LogP contribution in [0.1, 0.15) is 37.4 Å². The van der Waals surface area contributed by atoms with Crippen molar-refractivity contribution in [3.8, 4) is 17.0 Å². The minimum Gasteiger partial charge on any atom is -0.496 e. The highest BCUT2D eigenvalue weighted by Gasteiger charge is 2.24. The molecule has 3 rings (SSSR count). The average molecular weight is 312 g/mol. The van der Waals surface area contributed by atoms with Crippen molar-refractivity contribution in [3.63, 3.8) is 0 Å². The standard InChI is InChI=1S/C18H24N4O/c1-23-16-9-3-2-8-14(16)17-15(20-11-5-10-19)12-21-18(22-17)13-6-4-7-13/h2-3,8-9,12-13,20H,4-7,10-11,19H2,1H3. The third-order valence-electron chi connectivity index (χ3n) is 4.34. The van der Waals surface area contributed by atoms with Crippen LogP contribution in [-0.4, -0.2) is 30.2 Å². The van der Waals surface area contributed by atoms with E-state index in [0.29, 0.717) is 12.5 Å². The van der Waals surface area contributed by atoms with E-state index in [9.17, 15) is 0 Å². The second-order valence-corrected chi connectivity index (χ2v) is 5.89. The van der Waals surface area contributed by atoms with Gasteiger partial charge in [0.15, 0.2) is 0 Å². The first-order valence-corrected chi connectivity index (χ1v) is 8.27. The average Bonchev–Trinajstić information content (AvgIpc) is 2.54. The molecule has 5 heteroatoms. The molecule has 2 aromatic rings. The number of methoxy groups -OCH3 is 1. The van der Waals surface area contributed by atoms with Crippen LogP contribution in [0, 0.1) is 0 Å². The molecule has 1 fully saturated rings. The van der Waals surface area contributed by atoms with Crippen molar-refractivity contribution in [2.24, 2.45) is 5.73 Å². The molecule has 0 spiro atoms. The van der Waals surface area contributed by atoms with Crippen LogP contribution in [0.25, 0.3) is 11.3 Å². The third-order valence-corrected chi connectivity index (χ3v) is 4.34. The van der Waals surface area contributed by atoms with E-state index in [2.05, 4.69) is 10.3 Å². The van der Waals surface area contributed by atoms with Crippen LogP contribution in [0.4, 0.5) is 5.69 Å². The van der Waals surface area contributed by atoms with Gasteiger partial charge < -0.3 is 15.8 Å². The normalized spacial score (nSPS) is 14.3. The predicted octanol–water partition coefficient (Wildman–Crippen LogP) is 3.18. The molecule has 0 atom stereocenters. The van der Waals surface area contributed by atoms with Crippen molar-refractivity contribution in [1.29, 1.82) is 0 Å². The highest BCUT2D eigenvalue weighted by atomic mass is 16.5. The highest BCUT2D eigenvalue weighted by molar-refractivity contribution is 5.78. The topological polar surface area (TPSA) is 73.1 Å². The number of hydrogen-bond acceptors (Lipinski definition) is 5. The van der Waals surface area contributed by atoms with Gasteiger partial charge in [0, 0.05) is 18.0 Å². The van der Waals surface area contributed by atoms with E-state index >= 15 is 0 Å². The smallest absolute Gasteiger partial charge is 0.132 e. The van der Waals surface area contributed by atoms with Crippen LogP contribution in [0.3, 0.4) is 0 Å². The Balaban J connectivity index is 1.98. The van der Waals surface area contributed by atoms with Gasteiger partial charge in [0.1, 0.15) is 17.3 Å². The van der Waals surface area contributed by atoms with Crippen molar-refractivity contribution < 1.29 is 4.74 Å². The molecule has 23 heavy (non-hydrogen) atoms. The number of nitrogens with zero attached hydrogens (tertiary/aromatic N) is 2. The second kappa shape index (κ2) is 7.42. The lowest BCUT2D eigenvalue weighted by atomic mass is 9.85. The van der Waals surface area contributed by atoms with Gasteiger partial charge in [0.05, 0.1) is 19.0 Å². The van der Waals surface area contributed by atoms with Gasteiger partial charge in [-0.05, 0) is 37.9 Å². The Morgan fingerprint density at radius 2 is 2.13 bits per heavy atom. The number of ether oxygens (including phenoxy) is 1. The lowest BCUT2D eigenvalue weighted by molar-refractivity contribution is 0.401. The number of nitrogens with one attached hydrogen (secondary N) is 1. The van der Waals surface area contributed by atoms with Crippen LogP contribution >= 0.6 is 0 Å². The maximum absolute atomic E-state index is 5.59. The maximum Gasteiger partial charge on any atom is 0.132 e. The first-order chi connectivity index (χ1) is 11.3. The Morgan fingerprint density at radius 1 is 1.30 bits per heavy atom. The van der Waals surface area contributed by atoms with Crippen molar-refractivity contribution >= 4 is 5.69 Å². The van der Waals surface area contributed by atoms with Gasteiger partial charge in [0.25, 0.3) is 0 Å². The van der Waals surface area contributed by atoms with Crippen molar-refractivity contribution in [3.05, 3.63) is 36.3 Å². The number of rotatable bonds is 7. The van der Waals surface area contributed by atoms with Crippen LogP contribution in [0.2, 0.25) is 0 Å². The number of benzene rings is 1. The molecule has 3 N–H and O–H groups in total. The summed E-state index contributed by atoms with van der Waals surface area (Å²) in [7, 11) is 1.69. The van der Waals surface area contributed by atoms with Gasteiger partial charge in [-0.25, -0.2) is 9.97 Å². The lowest BCUT2D eigenvalue weighted by Gasteiger charge is -2.25. The number of nitrogens with two attached hydrogens (primary N) is 1. The first-order valence-electron chi connectivity index (χ1n) is 8.27. The van der Waals surface area contributed by atoms with Crippen molar-refractivity contribution in [1.82, 2.24) is 9.97 Å². The summed E-state index contributed by atoms with van der Waals surface area (Å²) in [6.45, 7) is 1.47. The van der Waals surface area contributed by atoms with Crippen LogP contribution in [0.5, 0.6) is 5.75 Å². The Kier molecular flexibility index (Phi) is 5.08. The Bertz CT molecular complexity index is 655. The van der Waals surface area contributed by atoms with Gasteiger partial charge >= 0.3 is 0 Å². The fourth-order valence-electron chi connectivity index (χ4n) is 2.76. The largest absolute Gasteiger partial charge is 0.496 e. The summed E-state index contributed by atoms with van der Waals surface area (Å²) < 4.78 is 5.51. The van der Waals surface area contributed by atoms with E-state index in [1.165, 1.54) is 19.3 Å². The second-order valence-electron chi connectivity index (χ2n) is 5.89. The van der Waals surface area contributed by atoms with Gasteiger partial charge in [-0.2, -0.15) is 0 Å². The summed E-state index contributed by atoms with van der Waals surface area (Å²) in [5, 5.41) is 3.41. The summed E-state index contributed by atoms with van der Waals surface area (Å²) >= 11 is 0. The molecule has 1 aromatic carbocycles. The summed E-state index contributed by atoms with van der Waals surface area (Å²) in [5.41, 5.74) is 8.43. The summed E-state index contributed by atoms with van der Waals surface area (Å²) in [6.07, 6.45) is 6.46. The van der Waals surface area contributed by atoms with E-state index in [0.717, 1.165) is 41.5 Å².